The predicted octanol–water partition coefficient (Wildman–Crippen LogP) is 0.944. The van der Waals surface area contributed by atoms with Crippen LogP contribution in [0.3, 0.4) is 0 Å². The van der Waals surface area contributed by atoms with Crippen LogP contribution in [0.2, 0.25) is 0 Å². The molecular formula is C12H24N2O3. The van der Waals surface area contributed by atoms with Gasteiger partial charge in [-0.25, -0.2) is 0 Å². The largest absolute Gasteiger partial charge is 0.481 e. The van der Waals surface area contributed by atoms with E-state index in [0.29, 0.717) is 12.6 Å². The first-order valence-corrected chi connectivity index (χ1v) is 6.07. The average molecular weight is 244 g/mol. The van der Waals surface area contributed by atoms with E-state index in [2.05, 4.69) is 31.1 Å². The van der Waals surface area contributed by atoms with Gasteiger partial charge in [-0.3, -0.25) is 9.59 Å². The van der Waals surface area contributed by atoms with Crippen LogP contribution in [0.1, 0.15) is 33.6 Å². The van der Waals surface area contributed by atoms with Gasteiger partial charge in [0.15, 0.2) is 0 Å². The molecule has 0 fully saturated rings. The summed E-state index contributed by atoms with van der Waals surface area (Å²) in [5.41, 5.74) is 0. The molecular weight excluding hydrogens is 220 g/mol. The van der Waals surface area contributed by atoms with Gasteiger partial charge in [0.2, 0.25) is 5.91 Å². The quantitative estimate of drug-likeness (QED) is 0.492. The summed E-state index contributed by atoms with van der Waals surface area (Å²) in [5.74, 6) is -2.45. The highest BCUT2D eigenvalue weighted by atomic mass is 16.4. The summed E-state index contributed by atoms with van der Waals surface area (Å²) in [4.78, 5) is 24.1. The lowest BCUT2D eigenvalue weighted by atomic mass is 10.1. The molecule has 17 heavy (non-hydrogen) atoms. The van der Waals surface area contributed by atoms with Crippen molar-refractivity contribution in [3.63, 3.8) is 0 Å². The number of aliphatic carboxylic acids is 1. The first-order chi connectivity index (χ1) is 7.86. The van der Waals surface area contributed by atoms with Crippen molar-refractivity contribution >= 4 is 11.9 Å². The number of hydrogen-bond donors (Lipinski definition) is 2. The topological polar surface area (TPSA) is 69.6 Å². The van der Waals surface area contributed by atoms with Crippen LogP contribution >= 0.6 is 0 Å². The molecule has 0 saturated carbocycles. The SMILES string of the molecule is CC(C(=O)O)C(=O)NCCCCN(C)C(C)C. The number of unbranched alkanes of at least 4 members (excludes halogenated alkanes) is 1. The van der Waals surface area contributed by atoms with Gasteiger partial charge in [-0.15, -0.1) is 0 Å². The number of rotatable bonds is 8. The van der Waals surface area contributed by atoms with Crippen LogP contribution in [0.25, 0.3) is 0 Å². The number of carboxylic acids is 1. The molecule has 0 radical (unpaired) electrons. The zero-order valence-electron chi connectivity index (χ0n) is 11.2. The number of nitrogens with zero attached hydrogens (tertiary/aromatic N) is 1. The monoisotopic (exact) mass is 244 g/mol. The molecule has 0 spiro atoms. The molecule has 100 valence electrons. The van der Waals surface area contributed by atoms with Crippen molar-refractivity contribution in [3.8, 4) is 0 Å². The number of carbonyl (C=O) groups is 2. The average Bonchev–Trinajstić information content (AvgIpc) is 2.26. The molecule has 0 aromatic carbocycles. The molecule has 1 amide bonds. The van der Waals surface area contributed by atoms with Gasteiger partial charge in [0.1, 0.15) is 5.92 Å². The summed E-state index contributed by atoms with van der Waals surface area (Å²) in [5, 5.41) is 11.2. The Hall–Kier alpha value is -1.10. The van der Waals surface area contributed by atoms with Gasteiger partial charge in [-0.1, -0.05) is 0 Å². The molecule has 0 aliphatic heterocycles. The van der Waals surface area contributed by atoms with Crippen LogP contribution in [-0.2, 0) is 9.59 Å². The fraction of sp³-hybridized carbons (Fsp3) is 0.833. The summed E-state index contributed by atoms with van der Waals surface area (Å²) < 4.78 is 0. The lowest BCUT2D eigenvalue weighted by Gasteiger charge is -2.20. The minimum atomic E-state index is -1.08. The third-order valence-electron chi connectivity index (χ3n) is 2.88. The second kappa shape index (κ2) is 8.06. The lowest BCUT2D eigenvalue weighted by molar-refractivity contribution is -0.146. The summed E-state index contributed by atoms with van der Waals surface area (Å²) in [6.07, 6.45) is 1.87. The fourth-order valence-electron chi connectivity index (χ4n) is 1.22. The van der Waals surface area contributed by atoms with Crippen LogP contribution in [0, 0.1) is 5.92 Å². The molecule has 2 N–H and O–H groups in total. The van der Waals surface area contributed by atoms with Crippen LogP contribution < -0.4 is 5.32 Å². The van der Waals surface area contributed by atoms with Gasteiger partial charge < -0.3 is 15.3 Å². The fourth-order valence-corrected chi connectivity index (χ4v) is 1.22. The maximum Gasteiger partial charge on any atom is 0.315 e. The highest BCUT2D eigenvalue weighted by molar-refractivity contribution is 5.96. The van der Waals surface area contributed by atoms with E-state index in [0.717, 1.165) is 19.4 Å². The van der Waals surface area contributed by atoms with E-state index >= 15 is 0 Å². The van der Waals surface area contributed by atoms with Crippen molar-refractivity contribution in [2.24, 2.45) is 5.92 Å². The van der Waals surface area contributed by atoms with Gasteiger partial charge in [0.05, 0.1) is 0 Å². The molecule has 0 saturated heterocycles. The number of hydrogen-bond acceptors (Lipinski definition) is 3. The van der Waals surface area contributed by atoms with Crippen molar-refractivity contribution in [1.82, 2.24) is 10.2 Å². The molecule has 0 aromatic heterocycles. The second-order valence-electron chi connectivity index (χ2n) is 4.63. The summed E-state index contributed by atoms with van der Waals surface area (Å²) in [7, 11) is 2.07. The maximum absolute atomic E-state index is 11.3. The van der Waals surface area contributed by atoms with Crippen molar-refractivity contribution in [2.75, 3.05) is 20.1 Å². The van der Waals surface area contributed by atoms with E-state index in [-0.39, 0.29) is 0 Å². The summed E-state index contributed by atoms with van der Waals surface area (Å²) in [6, 6.07) is 0.525. The van der Waals surface area contributed by atoms with E-state index in [1.807, 2.05) is 0 Å². The second-order valence-corrected chi connectivity index (χ2v) is 4.63. The highest BCUT2D eigenvalue weighted by Gasteiger charge is 2.19. The standard InChI is InChI=1S/C12H24N2O3/c1-9(2)14(4)8-6-5-7-13-11(15)10(3)12(16)17/h9-10H,5-8H2,1-4H3,(H,13,15)(H,16,17). The smallest absolute Gasteiger partial charge is 0.315 e. The molecule has 0 rings (SSSR count). The zero-order valence-corrected chi connectivity index (χ0v) is 11.2. The molecule has 0 bridgehead atoms. The third-order valence-corrected chi connectivity index (χ3v) is 2.88. The number of carbonyl (C=O) groups excluding carboxylic acids is 1. The maximum atomic E-state index is 11.3. The molecule has 1 unspecified atom stereocenters. The predicted molar refractivity (Wildman–Crippen MR) is 66.8 cm³/mol. The Balaban J connectivity index is 3.59. The minimum Gasteiger partial charge on any atom is -0.481 e. The Morgan fingerprint density at radius 2 is 1.82 bits per heavy atom. The van der Waals surface area contributed by atoms with E-state index in [9.17, 15) is 9.59 Å². The van der Waals surface area contributed by atoms with E-state index in [1.54, 1.807) is 0 Å². The van der Waals surface area contributed by atoms with E-state index in [4.69, 9.17) is 5.11 Å². The van der Waals surface area contributed by atoms with Crippen molar-refractivity contribution in [3.05, 3.63) is 0 Å². The first-order valence-electron chi connectivity index (χ1n) is 6.07. The minimum absolute atomic E-state index is 0.408. The normalized spacial score (nSPS) is 12.8. The Morgan fingerprint density at radius 3 is 2.29 bits per heavy atom. The molecule has 0 aliphatic rings. The lowest BCUT2D eigenvalue weighted by Crippen LogP contribution is -2.34. The zero-order chi connectivity index (χ0) is 13.4. The summed E-state index contributed by atoms with van der Waals surface area (Å²) >= 11 is 0. The Morgan fingerprint density at radius 1 is 1.24 bits per heavy atom. The molecule has 5 nitrogen and oxygen atoms in total. The van der Waals surface area contributed by atoms with Gasteiger partial charge in [0, 0.05) is 12.6 Å². The van der Waals surface area contributed by atoms with Gasteiger partial charge in [-0.2, -0.15) is 0 Å². The van der Waals surface area contributed by atoms with Crippen LogP contribution in [0.4, 0.5) is 0 Å². The van der Waals surface area contributed by atoms with E-state index < -0.39 is 17.8 Å². The Bertz CT molecular complexity index is 254. The molecule has 0 aromatic rings. The third kappa shape index (κ3) is 6.94. The van der Waals surface area contributed by atoms with Crippen molar-refractivity contribution < 1.29 is 14.7 Å². The molecule has 1 atom stereocenters. The van der Waals surface area contributed by atoms with E-state index in [1.165, 1.54) is 6.92 Å². The van der Waals surface area contributed by atoms with Crippen molar-refractivity contribution in [2.45, 2.75) is 39.7 Å². The highest BCUT2D eigenvalue weighted by Crippen LogP contribution is 1.98. The Labute approximate surface area is 103 Å². The van der Waals surface area contributed by atoms with Crippen molar-refractivity contribution in [1.29, 1.82) is 0 Å². The first kappa shape index (κ1) is 15.9. The van der Waals surface area contributed by atoms with Crippen LogP contribution in [0.15, 0.2) is 0 Å². The Kier molecular flexibility index (Phi) is 7.54. The molecule has 0 heterocycles. The van der Waals surface area contributed by atoms with Gasteiger partial charge >= 0.3 is 5.97 Å². The number of amides is 1. The molecule has 5 heteroatoms. The van der Waals surface area contributed by atoms with Crippen LogP contribution in [0.5, 0.6) is 0 Å². The van der Waals surface area contributed by atoms with Gasteiger partial charge in [-0.05, 0) is 47.2 Å². The number of nitrogens with one attached hydrogen (secondary N) is 1. The number of carboxylic acid groups (broad SMARTS) is 1. The molecule has 0 aliphatic carbocycles. The van der Waals surface area contributed by atoms with Crippen LogP contribution in [-0.4, -0.2) is 48.1 Å². The summed E-state index contributed by atoms with van der Waals surface area (Å²) in [6.45, 7) is 7.20. The van der Waals surface area contributed by atoms with Gasteiger partial charge in [0.25, 0.3) is 0 Å².